The number of carboxylic acids is 1. The zero-order chi connectivity index (χ0) is 18.4. The lowest BCUT2D eigenvalue weighted by molar-refractivity contribution is -0.136. The van der Waals surface area contributed by atoms with Crippen LogP contribution in [0.25, 0.3) is 0 Å². The summed E-state index contributed by atoms with van der Waals surface area (Å²) in [5.41, 5.74) is 1.05. The fourth-order valence-electron chi connectivity index (χ4n) is 2.47. The van der Waals surface area contributed by atoms with Gasteiger partial charge in [0, 0.05) is 24.5 Å². The van der Waals surface area contributed by atoms with E-state index in [0.29, 0.717) is 30.5 Å². The molecule has 3 rings (SSSR count). The number of benzene rings is 1. The molecule has 1 N–H and O–H groups in total. The van der Waals surface area contributed by atoms with Gasteiger partial charge in [-0.3, -0.25) is 4.79 Å². The van der Waals surface area contributed by atoms with Gasteiger partial charge in [0.25, 0.3) is 0 Å². The van der Waals surface area contributed by atoms with Crippen LogP contribution < -0.4 is 9.64 Å². The predicted octanol–water partition coefficient (Wildman–Crippen LogP) is 3.21. The van der Waals surface area contributed by atoms with Gasteiger partial charge in [-0.05, 0) is 29.8 Å². The standard InChI is InChI=1S/C18H19N3O4S/c1-24-14-5-2-4-13(10-14)11-16-19-18(26-20-16)21(8-7-17(22)23)12-15-6-3-9-25-15/h2-6,9-10H,7-8,11-12H2,1H3,(H,22,23). The highest BCUT2D eigenvalue weighted by Gasteiger charge is 2.16. The van der Waals surface area contributed by atoms with E-state index in [1.807, 2.05) is 35.2 Å². The Hall–Kier alpha value is -2.87. The van der Waals surface area contributed by atoms with Crippen LogP contribution in [-0.4, -0.2) is 34.1 Å². The first-order valence-electron chi connectivity index (χ1n) is 8.08. The maximum Gasteiger partial charge on any atom is 0.305 e. The summed E-state index contributed by atoms with van der Waals surface area (Å²) in [5, 5.41) is 9.67. The van der Waals surface area contributed by atoms with Gasteiger partial charge in [-0.2, -0.15) is 4.37 Å². The molecular formula is C18H19N3O4S. The second kappa shape index (κ2) is 8.48. The van der Waals surface area contributed by atoms with Crippen LogP contribution in [-0.2, 0) is 17.8 Å². The summed E-state index contributed by atoms with van der Waals surface area (Å²) in [5.74, 6) is 1.38. The minimum atomic E-state index is -0.851. The van der Waals surface area contributed by atoms with E-state index in [1.54, 1.807) is 19.4 Å². The van der Waals surface area contributed by atoms with E-state index in [-0.39, 0.29) is 6.42 Å². The van der Waals surface area contributed by atoms with Crippen molar-refractivity contribution in [3.63, 3.8) is 0 Å². The van der Waals surface area contributed by atoms with Gasteiger partial charge in [0.1, 0.15) is 17.3 Å². The minimum absolute atomic E-state index is 0.0194. The molecule has 2 aromatic heterocycles. The van der Waals surface area contributed by atoms with Crippen LogP contribution in [0.5, 0.6) is 5.75 Å². The van der Waals surface area contributed by atoms with E-state index in [2.05, 4.69) is 9.36 Å². The van der Waals surface area contributed by atoms with Crippen LogP contribution >= 0.6 is 11.5 Å². The van der Waals surface area contributed by atoms with Crippen molar-refractivity contribution in [3.05, 3.63) is 59.8 Å². The first kappa shape index (κ1) is 17.9. The molecule has 26 heavy (non-hydrogen) atoms. The van der Waals surface area contributed by atoms with Crippen molar-refractivity contribution in [1.82, 2.24) is 9.36 Å². The third-order valence-electron chi connectivity index (χ3n) is 3.75. The van der Waals surface area contributed by atoms with E-state index in [0.717, 1.165) is 17.1 Å². The summed E-state index contributed by atoms with van der Waals surface area (Å²) in [7, 11) is 1.63. The molecule has 0 saturated heterocycles. The van der Waals surface area contributed by atoms with Crippen molar-refractivity contribution < 1.29 is 19.1 Å². The maximum absolute atomic E-state index is 10.9. The molecule has 0 aliphatic carbocycles. The largest absolute Gasteiger partial charge is 0.497 e. The summed E-state index contributed by atoms with van der Waals surface area (Å²) in [6.45, 7) is 0.790. The van der Waals surface area contributed by atoms with E-state index < -0.39 is 5.97 Å². The van der Waals surface area contributed by atoms with Gasteiger partial charge in [-0.25, -0.2) is 4.98 Å². The average Bonchev–Trinajstić information content (AvgIpc) is 3.30. The van der Waals surface area contributed by atoms with Gasteiger partial charge in [-0.15, -0.1) is 0 Å². The number of aliphatic carboxylic acids is 1. The van der Waals surface area contributed by atoms with E-state index in [1.165, 1.54) is 11.5 Å². The predicted molar refractivity (Wildman–Crippen MR) is 97.7 cm³/mol. The molecule has 8 heteroatoms. The number of furan rings is 1. The molecule has 3 aromatic rings. The van der Waals surface area contributed by atoms with E-state index >= 15 is 0 Å². The third kappa shape index (κ3) is 4.82. The molecule has 0 aliphatic rings. The molecule has 0 atom stereocenters. The lowest BCUT2D eigenvalue weighted by Crippen LogP contribution is -2.25. The highest BCUT2D eigenvalue weighted by Crippen LogP contribution is 2.22. The Morgan fingerprint density at radius 1 is 1.35 bits per heavy atom. The van der Waals surface area contributed by atoms with Crippen LogP contribution in [0, 0.1) is 0 Å². The van der Waals surface area contributed by atoms with Gasteiger partial charge in [0.15, 0.2) is 0 Å². The molecule has 136 valence electrons. The summed E-state index contributed by atoms with van der Waals surface area (Å²) >= 11 is 1.26. The van der Waals surface area contributed by atoms with Crippen LogP contribution in [0.1, 0.15) is 23.6 Å². The van der Waals surface area contributed by atoms with Gasteiger partial charge in [0.2, 0.25) is 5.13 Å². The van der Waals surface area contributed by atoms with Crippen LogP contribution in [0.15, 0.2) is 47.1 Å². The lowest BCUT2D eigenvalue weighted by atomic mass is 10.1. The molecule has 0 saturated carbocycles. The monoisotopic (exact) mass is 373 g/mol. The summed E-state index contributed by atoms with van der Waals surface area (Å²) in [4.78, 5) is 17.4. The van der Waals surface area contributed by atoms with Crippen LogP contribution in [0.2, 0.25) is 0 Å². The highest BCUT2D eigenvalue weighted by atomic mass is 32.1. The molecule has 0 radical (unpaired) electrons. The smallest absolute Gasteiger partial charge is 0.305 e. The van der Waals surface area contributed by atoms with Crippen LogP contribution in [0.4, 0.5) is 5.13 Å². The number of anilines is 1. The molecule has 2 heterocycles. The van der Waals surface area contributed by atoms with Crippen molar-refractivity contribution in [2.45, 2.75) is 19.4 Å². The molecule has 0 amide bonds. The zero-order valence-corrected chi connectivity index (χ0v) is 15.1. The Morgan fingerprint density at radius 2 is 2.23 bits per heavy atom. The first-order valence-corrected chi connectivity index (χ1v) is 8.86. The van der Waals surface area contributed by atoms with Gasteiger partial charge < -0.3 is 19.2 Å². The quantitative estimate of drug-likeness (QED) is 0.616. The Bertz CT molecular complexity index is 848. The number of methoxy groups -OCH3 is 1. The number of rotatable bonds is 9. The molecule has 0 bridgehead atoms. The molecule has 1 aromatic carbocycles. The SMILES string of the molecule is COc1cccc(Cc2nsc(N(CCC(=O)O)Cc3ccco3)n2)c1. The topological polar surface area (TPSA) is 88.7 Å². The molecule has 7 nitrogen and oxygen atoms in total. The summed E-state index contributed by atoms with van der Waals surface area (Å²) in [6, 6.07) is 11.4. The number of hydrogen-bond acceptors (Lipinski definition) is 7. The summed E-state index contributed by atoms with van der Waals surface area (Å²) < 4.78 is 15.0. The number of carbonyl (C=O) groups is 1. The van der Waals surface area contributed by atoms with E-state index in [9.17, 15) is 4.79 Å². The van der Waals surface area contributed by atoms with Gasteiger partial charge in [-0.1, -0.05) is 12.1 Å². The Kier molecular flexibility index (Phi) is 5.85. The Balaban J connectivity index is 1.73. The molecule has 0 fully saturated rings. The minimum Gasteiger partial charge on any atom is -0.497 e. The maximum atomic E-state index is 10.9. The number of nitrogens with zero attached hydrogens (tertiary/aromatic N) is 3. The molecule has 0 unspecified atom stereocenters. The molecule has 0 aliphatic heterocycles. The summed E-state index contributed by atoms with van der Waals surface area (Å²) in [6.07, 6.45) is 2.20. The Labute approximate surface area is 155 Å². The average molecular weight is 373 g/mol. The van der Waals surface area contributed by atoms with Gasteiger partial charge >= 0.3 is 5.97 Å². The van der Waals surface area contributed by atoms with Crippen molar-refractivity contribution in [3.8, 4) is 5.75 Å². The van der Waals surface area contributed by atoms with Crippen molar-refractivity contribution in [1.29, 1.82) is 0 Å². The number of carboxylic acid groups (broad SMARTS) is 1. The third-order valence-corrected chi connectivity index (χ3v) is 4.56. The normalized spacial score (nSPS) is 10.7. The van der Waals surface area contributed by atoms with Crippen LogP contribution in [0.3, 0.4) is 0 Å². The number of aromatic nitrogens is 2. The number of ether oxygens (including phenoxy) is 1. The van der Waals surface area contributed by atoms with Crippen molar-refractivity contribution in [2.24, 2.45) is 0 Å². The Morgan fingerprint density at radius 3 is 2.96 bits per heavy atom. The lowest BCUT2D eigenvalue weighted by Gasteiger charge is -2.19. The highest BCUT2D eigenvalue weighted by molar-refractivity contribution is 7.09. The van der Waals surface area contributed by atoms with Gasteiger partial charge in [0.05, 0.1) is 26.3 Å². The fourth-order valence-corrected chi connectivity index (χ4v) is 3.18. The fraction of sp³-hybridized carbons (Fsp3) is 0.278. The second-order valence-electron chi connectivity index (χ2n) is 5.67. The van der Waals surface area contributed by atoms with E-state index in [4.69, 9.17) is 14.3 Å². The molecular weight excluding hydrogens is 354 g/mol. The zero-order valence-electron chi connectivity index (χ0n) is 14.3. The second-order valence-corrected chi connectivity index (χ2v) is 6.40. The van der Waals surface area contributed by atoms with Crippen molar-refractivity contribution in [2.75, 3.05) is 18.6 Å². The number of hydrogen-bond donors (Lipinski definition) is 1. The molecule has 0 spiro atoms. The van der Waals surface area contributed by atoms with Crippen molar-refractivity contribution >= 4 is 22.6 Å². The first-order chi connectivity index (χ1) is 12.6.